The minimum Gasteiger partial charge on any atom is -0.449 e. The number of pyridine rings is 1. The van der Waals surface area contributed by atoms with Crippen molar-refractivity contribution in [2.45, 2.75) is 24.8 Å². The van der Waals surface area contributed by atoms with Crippen LogP contribution in [0.4, 0.5) is 14.9 Å². The topological polar surface area (TPSA) is 95.6 Å². The molecule has 3 aromatic heterocycles. The molecule has 4 atom stereocenters. The Morgan fingerprint density at radius 3 is 2.97 bits per heavy atom. The van der Waals surface area contributed by atoms with Crippen molar-refractivity contribution in [1.82, 2.24) is 9.72 Å². The van der Waals surface area contributed by atoms with Gasteiger partial charge in [-0.1, -0.05) is 0 Å². The van der Waals surface area contributed by atoms with E-state index in [-0.39, 0.29) is 16.7 Å². The van der Waals surface area contributed by atoms with Crippen LogP contribution in [-0.2, 0) is 0 Å². The van der Waals surface area contributed by atoms with E-state index < -0.39 is 17.4 Å². The van der Waals surface area contributed by atoms with E-state index >= 15 is 4.39 Å². The first-order chi connectivity index (χ1) is 16.4. The predicted octanol–water partition coefficient (Wildman–Crippen LogP) is 3.09. The van der Waals surface area contributed by atoms with Gasteiger partial charge in [-0.25, -0.2) is 9.18 Å². The van der Waals surface area contributed by atoms with Crippen molar-refractivity contribution >= 4 is 49.8 Å². The molecule has 2 aliphatic carbocycles. The van der Waals surface area contributed by atoms with Gasteiger partial charge in [-0.05, 0) is 50.1 Å². The Morgan fingerprint density at radius 1 is 1.41 bits per heavy atom. The summed E-state index contributed by atoms with van der Waals surface area (Å²) in [5.41, 5.74) is 1.30. The van der Waals surface area contributed by atoms with E-state index in [4.69, 9.17) is 4.74 Å². The highest BCUT2D eigenvalue weighted by Crippen LogP contribution is 2.58. The van der Waals surface area contributed by atoms with Crippen molar-refractivity contribution in [3.8, 4) is 5.75 Å². The van der Waals surface area contributed by atoms with Gasteiger partial charge in [-0.2, -0.15) is 0 Å². The van der Waals surface area contributed by atoms with Crippen LogP contribution < -0.4 is 25.7 Å². The molecule has 2 N–H and O–H groups in total. The largest absolute Gasteiger partial charge is 0.511 e. The lowest BCUT2D eigenvalue weighted by Gasteiger charge is -2.35. The zero-order valence-electron chi connectivity index (χ0n) is 18.7. The van der Waals surface area contributed by atoms with Crippen LogP contribution in [0, 0.1) is 23.6 Å². The highest BCUT2D eigenvalue weighted by atomic mass is 32.1. The molecular weight excluding hydrogens is 459 g/mol. The molecule has 0 amide bonds. The van der Waals surface area contributed by atoms with Crippen LogP contribution in [-0.4, -0.2) is 48.4 Å². The number of carboxylic acid groups (broad SMARTS) is 1. The molecule has 34 heavy (non-hydrogen) atoms. The minimum atomic E-state index is -1.58. The number of hydrogen-bond donors (Lipinski definition) is 2. The third kappa shape index (κ3) is 2.28. The Labute approximate surface area is 196 Å². The van der Waals surface area contributed by atoms with Crippen LogP contribution in [0.25, 0.3) is 26.6 Å². The van der Waals surface area contributed by atoms with Crippen molar-refractivity contribution in [3.63, 3.8) is 0 Å². The molecule has 4 unspecified atom stereocenters. The summed E-state index contributed by atoms with van der Waals surface area (Å²) in [6, 6.07) is 1.24. The van der Waals surface area contributed by atoms with Gasteiger partial charge in [0.25, 0.3) is 0 Å². The number of benzene rings is 1. The third-order valence-electron chi connectivity index (χ3n) is 8.80. The SMILES string of the molecule is CN=c1c2c(N3CC4C5CCC(NC)(C5)C4C3)c(F)cc3c(=O)c(OC(=O)O)c4scc1n4c32. The maximum Gasteiger partial charge on any atom is 0.511 e. The molecule has 1 aliphatic heterocycles. The lowest BCUT2D eigenvalue weighted by atomic mass is 9.77. The number of thiazole rings is 1. The Bertz CT molecular complexity index is 1630. The number of halogens is 1. The van der Waals surface area contributed by atoms with E-state index in [0.29, 0.717) is 44.5 Å². The smallest absolute Gasteiger partial charge is 0.449 e. The molecule has 1 aromatic carbocycles. The quantitative estimate of drug-likeness (QED) is 0.436. The molecule has 3 fully saturated rings. The van der Waals surface area contributed by atoms with Gasteiger partial charge >= 0.3 is 6.16 Å². The molecule has 7 rings (SSSR count). The standard InChI is InChI=1S/C24H23FN4O4S/c1-26-17-15-9-34-22-21(33-23(31)32)20(30)11-5-14(25)19(16(17)18(11)29(15)22)28-7-12-10-3-4-24(6-10,27-2)13(12)8-28/h5,9-10,12-13,27H,3-4,6-8H2,1-2H3,(H,31,32). The van der Waals surface area contributed by atoms with Gasteiger partial charge < -0.3 is 20.1 Å². The lowest BCUT2D eigenvalue weighted by Crippen LogP contribution is -2.47. The van der Waals surface area contributed by atoms with Crippen molar-refractivity contribution in [1.29, 1.82) is 0 Å². The van der Waals surface area contributed by atoms with Gasteiger partial charge in [0.05, 0.1) is 32.9 Å². The fourth-order valence-corrected chi connectivity index (χ4v) is 8.47. The van der Waals surface area contributed by atoms with E-state index in [9.17, 15) is 14.7 Å². The van der Waals surface area contributed by atoms with E-state index in [1.807, 2.05) is 12.4 Å². The normalized spacial score (nSPS) is 28.9. The number of carbonyl (C=O) groups is 1. The van der Waals surface area contributed by atoms with Crippen LogP contribution in [0.2, 0.25) is 0 Å². The highest BCUT2D eigenvalue weighted by molar-refractivity contribution is 7.16. The number of fused-ring (bicyclic) bond motifs is 5. The van der Waals surface area contributed by atoms with Crippen molar-refractivity contribution in [2.75, 3.05) is 32.1 Å². The molecule has 0 radical (unpaired) electrons. The summed E-state index contributed by atoms with van der Waals surface area (Å²) >= 11 is 1.22. The number of anilines is 1. The molecular formula is C24H23FN4O4S. The second-order valence-electron chi connectivity index (χ2n) is 9.92. The Morgan fingerprint density at radius 2 is 2.24 bits per heavy atom. The van der Waals surface area contributed by atoms with E-state index in [0.717, 1.165) is 25.0 Å². The molecule has 3 aliphatic rings. The fourth-order valence-electron chi connectivity index (χ4n) is 7.49. The van der Waals surface area contributed by atoms with Gasteiger partial charge in [-0.3, -0.25) is 14.2 Å². The summed E-state index contributed by atoms with van der Waals surface area (Å²) < 4.78 is 22.6. The zero-order chi connectivity index (χ0) is 23.5. The number of aromatic nitrogens is 1. The first-order valence-electron chi connectivity index (χ1n) is 11.5. The third-order valence-corrected chi connectivity index (χ3v) is 9.73. The molecule has 8 nitrogen and oxygen atoms in total. The molecule has 1 saturated heterocycles. The average Bonchev–Trinajstić information content (AvgIpc) is 3.60. The molecule has 10 heteroatoms. The summed E-state index contributed by atoms with van der Waals surface area (Å²) in [7, 11) is 3.71. The van der Waals surface area contributed by atoms with Crippen LogP contribution in [0.1, 0.15) is 19.3 Å². The molecule has 4 heterocycles. The highest BCUT2D eigenvalue weighted by Gasteiger charge is 2.60. The van der Waals surface area contributed by atoms with Crippen molar-refractivity contribution in [2.24, 2.45) is 22.7 Å². The summed E-state index contributed by atoms with van der Waals surface area (Å²) in [6.45, 7) is 1.55. The Hall–Kier alpha value is -2.98. The van der Waals surface area contributed by atoms with Crippen LogP contribution >= 0.6 is 11.3 Å². The van der Waals surface area contributed by atoms with Gasteiger partial charge in [0.1, 0.15) is 10.6 Å². The first-order valence-corrected chi connectivity index (χ1v) is 12.4. The van der Waals surface area contributed by atoms with Gasteiger partial charge in [0, 0.05) is 31.1 Å². The van der Waals surface area contributed by atoms with Crippen LogP contribution in [0.3, 0.4) is 0 Å². The average molecular weight is 483 g/mol. The molecule has 2 saturated carbocycles. The van der Waals surface area contributed by atoms with Gasteiger partial charge in [0.2, 0.25) is 11.2 Å². The number of nitrogens with zero attached hydrogens (tertiary/aromatic N) is 3. The Balaban J connectivity index is 1.50. The summed E-state index contributed by atoms with van der Waals surface area (Å²) in [6.07, 6.45) is 1.99. The monoisotopic (exact) mass is 482 g/mol. The lowest BCUT2D eigenvalue weighted by molar-refractivity contribution is 0.144. The minimum absolute atomic E-state index is 0.106. The number of hydrogen-bond acceptors (Lipinski definition) is 7. The summed E-state index contributed by atoms with van der Waals surface area (Å²) in [5.74, 6) is 0.862. The first kappa shape index (κ1) is 20.4. The predicted molar refractivity (Wildman–Crippen MR) is 127 cm³/mol. The molecule has 176 valence electrons. The van der Waals surface area contributed by atoms with E-state index in [1.54, 1.807) is 11.4 Å². The van der Waals surface area contributed by atoms with Crippen LogP contribution in [0.15, 0.2) is 21.2 Å². The second-order valence-corrected chi connectivity index (χ2v) is 10.8. The maximum absolute atomic E-state index is 15.9. The van der Waals surface area contributed by atoms with E-state index in [1.165, 1.54) is 30.2 Å². The maximum atomic E-state index is 15.9. The van der Waals surface area contributed by atoms with Gasteiger partial charge in [0.15, 0.2) is 0 Å². The van der Waals surface area contributed by atoms with Crippen molar-refractivity contribution < 1.29 is 19.0 Å². The Kier molecular flexibility index (Phi) is 3.94. The molecule has 4 aromatic rings. The summed E-state index contributed by atoms with van der Waals surface area (Å²) in [5, 5.41) is 15.9. The number of nitrogens with one attached hydrogen (secondary N) is 1. The fraction of sp³-hybridized carbons (Fsp3) is 0.458. The van der Waals surface area contributed by atoms with Crippen LogP contribution in [0.5, 0.6) is 5.75 Å². The molecule has 2 bridgehead atoms. The zero-order valence-corrected chi connectivity index (χ0v) is 19.5. The number of ether oxygens (including phenoxy) is 1. The number of rotatable bonds is 3. The van der Waals surface area contributed by atoms with E-state index in [2.05, 4.69) is 15.2 Å². The second kappa shape index (κ2) is 6.57. The summed E-state index contributed by atoms with van der Waals surface area (Å²) in [4.78, 5) is 31.5. The van der Waals surface area contributed by atoms with Gasteiger partial charge in [-0.15, -0.1) is 11.3 Å². The molecule has 0 spiro atoms. The van der Waals surface area contributed by atoms with Crippen molar-refractivity contribution in [3.05, 3.63) is 32.8 Å².